The van der Waals surface area contributed by atoms with Gasteiger partial charge in [-0.3, -0.25) is 4.68 Å². The predicted molar refractivity (Wildman–Crippen MR) is 81.9 cm³/mol. The molecular weight excluding hydrogens is 361 g/mol. The monoisotopic (exact) mass is 371 g/mol. The smallest absolute Gasteiger partial charge is 0.170 e. The van der Waals surface area contributed by atoms with Crippen LogP contribution in [0, 0.1) is 5.82 Å². The Labute approximate surface area is 133 Å². The van der Waals surface area contributed by atoms with Crippen molar-refractivity contribution in [3.8, 4) is 0 Å². The summed E-state index contributed by atoms with van der Waals surface area (Å²) in [5.74, 6) is 1.58. The standard InChI is InChI=1S/C13H12BrClFN5/c1-20-7-17-12(19-20)6-21-11-4-8(14)9(16)5-10(11)18-13(21)2-3-15/h4-5,7H,2-3,6H2,1H3. The first kappa shape index (κ1) is 14.5. The molecule has 0 amide bonds. The number of aromatic nitrogens is 5. The highest BCUT2D eigenvalue weighted by Crippen LogP contribution is 2.25. The van der Waals surface area contributed by atoms with Crippen LogP contribution in [0.4, 0.5) is 4.39 Å². The summed E-state index contributed by atoms with van der Waals surface area (Å²) >= 11 is 9.04. The van der Waals surface area contributed by atoms with Crippen LogP contribution in [0.5, 0.6) is 0 Å². The molecule has 8 heteroatoms. The lowest BCUT2D eigenvalue weighted by atomic mass is 10.3. The molecule has 3 rings (SSSR count). The van der Waals surface area contributed by atoms with Crippen LogP contribution in [0.15, 0.2) is 22.9 Å². The molecule has 0 aliphatic rings. The van der Waals surface area contributed by atoms with Crippen molar-refractivity contribution in [1.29, 1.82) is 0 Å². The maximum atomic E-state index is 13.7. The van der Waals surface area contributed by atoms with Crippen LogP contribution in [0.1, 0.15) is 11.6 Å². The van der Waals surface area contributed by atoms with Crippen LogP contribution in [-0.2, 0) is 20.0 Å². The number of hydrogen-bond acceptors (Lipinski definition) is 3. The Hall–Kier alpha value is -1.47. The van der Waals surface area contributed by atoms with Gasteiger partial charge in [-0.25, -0.2) is 14.4 Å². The number of alkyl halides is 1. The van der Waals surface area contributed by atoms with Gasteiger partial charge in [-0.1, -0.05) is 0 Å². The van der Waals surface area contributed by atoms with Gasteiger partial charge >= 0.3 is 0 Å². The fourth-order valence-electron chi connectivity index (χ4n) is 2.22. The normalized spacial score (nSPS) is 11.4. The lowest BCUT2D eigenvalue weighted by Gasteiger charge is -2.06. The molecule has 0 unspecified atom stereocenters. The highest BCUT2D eigenvalue weighted by atomic mass is 79.9. The summed E-state index contributed by atoms with van der Waals surface area (Å²) in [6.07, 6.45) is 2.24. The number of aryl methyl sites for hydroxylation is 2. The summed E-state index contributed by atoms with van der Waals surface area (Å²) in [6, 6.07) is 3.14. The van der Waals surface area contributed by atoms with E-state index in [1.165, 1.54) is 6.07 Å². The molecule has 1 aromatic carbocycles. The van der Waals surface area contributed by atoms with Crippen molar-refractivity contribution in [3.63, 3.8) is 0 Å². The zero-order chi connectivity index (χ0) is 15.0. The van der Waals surface area contributed by atoms with Gasteiger partial charge in [0.2, 0.25) is 0 Å². The van der Waals surface area contributed by atoms with Gasteiger partial charge in [0.25, 0.3) is 0 Å². The Kier molecular flexibility index (Phi) is 3.95. The Morgan fingerprint density at radius 2 is 2.19 bits per heavy atom. The van der Waals surface area contributed by atoms with E-state index in [9.17, 15) is 4.39 Å². The molecule has 0 aliphatic heterocycles. The molecule has 110 valence electrons. The van der Waals surface area contributed by atoms with Crippen molar-refractivity contribution in [2.24, 2.45) is 7.05 Å². The summed E-state index contributed by atoms with van der Waals surface area (Å²) in [5, 5.41) is 4.27. The number of hydrogen-bond donors (Lipinski definition) is 0. The van der Waals surface area contributed by atoms with E-state index in [1.807, 2.05) is 11.6 Å². The lowest BCUT2D eigenvalue weighted by Crippen LogP contribution is -2.07. The molecule has 0 aliphatic carbocycles. The zero-order valence-corrected chi connectivity index (χ0v) is 13.6. The third-order valence-electron chi connectivity index (χ3n) is 3.13. The molecule has 3 aromatic rings. The first-order valence-corrected chi connectivity index (χ1v) is 7.66. The quantitative estimate of drug-likeness (QED) is 0.662. The van der Waals surface area contributed by atoms with Crippen LogP contribution in [0.25, 0.3) is 11.0 Å². The molecular formula is C13H12BrClFN5. The van der Waals surface area contributed by atoms with Gasteiger partial charge in [0.15, 0.2) is 5.82 Å². The number of nitrogens with zero attached hydrogens (tertiary/aromatic N) is 5. The van der Waals surface area contributed by atoms with E-state index in [2.05, 4.69) is 31.0 Å². The topological polar surface area (TPSA) is 48.5 Å². The van der Waals surface area contributed by atoms with E-state index in [0.717, 1.165) is 11.3 Å². The van der Waals surface area contributed by atoms with Crippen molar-refractivity contribution in [1.82, 2.24) is 24.3 Å². The highest BCUT2D eigenvalue weighted by Gasteiger charge is 2.14. The van der Waals surface area contributed by atoms with E-state index in [-0.39, 0.29) is 5.82 Å². The second kappa shape index (κ2) is 5.73. The SMILES string of the molecule is Cn1cnc(Cn2c(CCCl)nc3cc(F)c(Br)cc32)n1. The van der Waals surface area contributed by atoms with Crippen molar-refractivity contribution >= 4 is 38.6 Å². The predicted octanol–water partition coefficient (Wildman–Crippen LogP) is 2.90. The molecule has 0 radical (unpaired) electrons. The Balaban J connectivity index is 2.12. The average molecular weight is 373 g/mol. The Morgan fingerprint density at radius 1 is 1.38 bits per heavy atom. The molecule has 0 saturated carbocycles. The number of rotatable bonds is 4. The van der Waals surface area contributed by atoms with E-state index in [4.69, 9.17) is 11.6 Å². The van der Waals surface area contributed by atoms with Gasteiger partial charge < -0.3 is 4.57 Å². The molecule has 0 saturated heterocycles. The minimum atomic E-state index is -0.333. The molecule has 0 atom stereocenters. The largest absolute Gasteiger partial charge is 0.320 e. The van der Waals surface area contributed by atoms with E-state index >= 15 is 0 Å². The molecule has 0 spiro atoms. The molecule has 0 fully saturated rings. The van der Waals surface area contributed by atoms with Crippen molar-refractivity contribution in [2.75, 3.05) is 5.88 Å². The first-order valence-electron chi connectivity index (χ1n) is 6.33. The maximum absolute atomic E-state index is 13.7. The van der Waals surface area contributed by atoms with Crippen LogP contribution in [-0.4, -0.2) is 30.2 Å². The van der Waals surface area contributed by atoms with Crippen LogP contribution >= 0.6 is 27.5 Å². The van der Waals surface area contributed by atoms with Crippen molar-refractivity contribution < 1.29 is 4.39 Å². The first-order chi connectivity index (χ1) is 10.1. The summed E-state index contributed by atoms with van der Waals surface area (Å²) in [4.78, 5) is 8.69. The third-order valence-corrected chi connectivity index (χ3v) is 3.93. The average Bonchev–Trinajstić information content (AvgIpc) is 2.97. The fourth-order valence-corrected chi connectivity index (χ4v) is 2.72. The Bertz CT molecular complexity index is 797. The third kappa shape index (κ3) is 2.80. The fraction of sp³-hybridized carbons (Fsp3) is 0.308. The van der Waals surface area contributed by atoms with Gasteiger partial charge in [0.1, 0.15) is 18.0 Å². The second-order valence-electron chi connectivity index (χ2n) is 4.64. The van der Waals surface area contributed by atoms with Gasteiger partial charge in [0, 0.05) is 25.4 Å². The molecule has 2 aromatic heterocycles. The zero-order valence-electron chi connectivity index (χ0n) is 11.2. The number of benzene rings is 1. The van der Waals surface area contributed by atoms with Crippen LogP contribution in [0.2, 0.25) is 0 Å². The van der Waals surface area contributed by atoms with Gasteiger partial charge in [-0.2, -0.15) is 5.10 Å². The summed E-state index contributed by atoms with van der Waals surface area (Å²) in [5.41, 5.74) is 1.43. The molecule has 0 N–H and O–H groups in total. The van der Waals surface area contributed by atoms with Crippen molar-refractivity contribution in [2.45, 2.75) is 13.0 Å². The van der Waals surface area contributed by atoms with Crippen molar-refractivity contribution in [3.05, 3.63) is 40.4 Å². The number of fused-ring (bicyclic) bond motifs is 1. The Morgan fingerprint density at radius 3 is 2.86 bits per heavy atom. The second-order valence-corrected chi connectivity index (χ2v) is 5.87. The summed E-state index contributed by atoms with van der Waals surface area (Å²) in [7, 11) is 1.81. The van der Waals surface area contributed by atoms with Gasteiger partial charge in [-0.15, -0.1) is 11.6 Å². The van der Waals surface area contributed by atoms with Gasteiger partial charge in [0.05, 0.1) is 22.1 Å². The number of halogens is 3. The van der Waals surface area contributed by atoms with Gasteiger partial charge in [-0.05, 0) is 22.0 Å². The summed E-state index contributed by atoms with van der Waals surface area (Å²) < 4.78 is 17.7. The number of imidazole rings is 1. The van der Waals surface area contributed by atoms with E-state index in [1.54, 1.807) is 17.1 Å². The molecule has 0 bridgehead atoms. The molecule has 2 heterocycles. The molecule has 5 nitrogen and oxygen atoms in total. The highest BCUT2D eigenvalue weighted by molar-refractivity contribution is 9.10. The van der Waals surface area contributed by atoms with Crippen LogP contribution < -0.4 is 0 Å². The summed E-state index contributed by atoms with van der Waals surface area (Å²) in [6.45, 7) is 0.474. The minimum absolute atomic E-state index is 0.333. The van der Waals surface area contributed by atoms with E-state index < -0.39 is 0 Å². The molecule has 21 heavy (non-hydrogen) atoms. The lowest BCUT2D eigenvalue weighted by molar-refractivity contribution is 0.622. The minimum Gasteiger partial charge on any atom is -0.320 e. The maximum Gasteiger partial charge on any atom is 0.170 e. The van der Waals surface area contributed by atoms with E-state index in [0.29, 0.717) is 34.7 Å². The van der Waals surface area contributed by atoms with Crippen LogP contribution in [0.3, 0.4) is 0 Å².